The summed E-state index contributed by atoms with van der Waals surface area (Å²) in [6.07, 6.45) is 1.35. The van der Waals surface area contributed by atoms with Crippen LogP contribution in [0.5, 0.6) is 0 Å². The Bertz CT molecular complexity index is 693. The molecular weight excluding hydrogens is 300 g/mol. The van der Waals surface area contributed by atoms with Crippen LogP contribution < -0.4 is 10.9 Å². The van der Waals surface area contributed by atoms with Gasteiger partial charge in [-0.25, -0.2) is 0 Å². The van der Waals surface area contributed by atoms with Crippen molar-refractivity contribution in [2.45, 2.75) is 18.7 Å². The number of furan rings is 1. The Morgan fingerprint density at radius 3 is 2.50 bits per heavy atom. The minimum absolute atomic E-state index is 0.403. The van der Waals surface area contributed by atoms with Gasteiger partial charge in [0.2, 0.25) is 0 Å². The van der Waals surface area contributed by atoms with Crippen LogP contribution in [0.25, 0.3) is 0 Å². The van der Waals surface area contributed by atoms with Crippen LogP contribution in [0.2, 0.25) is 0 Å². The van der Waals surface area contributed by atoms with Gasteiger partial charge in [-0.3, -0.25) is 20.4 Å². The summed E-state index contributed by atoms with van der Waals surface area (Å²) < 4.78 is 5.27. The molecule has 2 amide bonds. The zero-order valence-electron chi connectivity index (χ0n) is 12.3. The van der Waals surface area contributed by atoms with Crippen molar-refractivity contribution in [3.8, 4) is 0 Å². The standard InChI is InChI=1S/C16H16N2O3S/c1-11-10-14(12(2)21-11)16(20)18-17-15(19)8-9-22-13-6-4-3-5-7-13/h3-10H,1-2H3,(H,17,19)(H,18,20)/b9-8+. The van der Waals surface area contributed by atoms with Gasteiger partial charge >= 0.3 is 0 Å². The summed E-state index contributed by atoms with van der Waals surface area (Å²) in [5.41, 5.74) is 5.07. The molecule has 22 heavy (non-hydrogen) atoms. The molecular formula is C16H16N2O3S. The fraction of sp³-hybridized carbons (Fsp3) is 0.125. The molecule has 2 rings (SSSR count). The van der Waals surface area contributed by atoms with Crippen molar-refractivity contribution >= 4 is 23.6 Å². The number of amides is 2. The Morgan fingerprint density at radius 1 is 1.14 bits per heavy atom. The summed E-state index contributed by atoms with van der Waals surface area (Å²) in [6, 6.07) is 11.3. The summed E-state index contributed by atoms with van der Waals surface area (Å²) in [4.78, 5) is 24.5. The smallest absolute Gasteiger partial charge is 0.273 e. The molecule has 5 nitrogen and oxygen atoms in total. The molecule has 0 aliphatic carbocycles. The Kier molecular flexibility index (Phi) is 5.43. The highest BCUT2D eigenvalue weighted by molar-refractivity contribution is 8.02. The molecule has 0 saturated carbocycles. The minimum Gasteiger partial charge on any atom is -0.466 e. The van der Waals surface area contributed by atoms with E-state index in [1.165, 1.54) is 17.8 Å². The third-order valence-corrected chi connectivity index (χ3v) is 3.57. The maximum Gasteiger partial charge on any atom is 0.273 e. The summed E-state index contributed by atoms with van der Waals surface area (Å²) in [5, 5.41) is 1.66. The monoisotopic (exact) mass is 316 g/mol. The molecule has 1 aromatic carbocycles. The molecule has 0 fully saturated rings. The molecule has 0 unspecified atom stereocenters. The maximum absolute atomic E-state index is 11.9. The van der Waals surface area contributed by atoms with Crippen molar-refractivity contribution in [3.05, 3.63) is 65.0 Å². The molecule has 2 aromatic rings. The molecule has 0 radical (unpaired) electrons. The molecule has 1 heterocycles. The van der Waals surface area contributed by atoms with Crippen molar-refractivity contribution < 1.29 is 14.0 Å². The van der Waals surface area contributed by atoms with Crippen LogP contribution in [0, 0.1) is 13.8 Å². The Hall–Kier alpha value is -2.47. The van der Waals surface area contributed by atoms with Crippen molar-refractivity contribution in [2.24, 2.45) is 0 Å². The largest absolute Gasteiger partial charge is 0.466 e. The molecule has 0 bridgehead atoms. The van der Waals surface area contributed by atoms with Crippen molar-refractivity contribution in [2.75, 3.05) is 0 Å². The molecule has 0 aliphatic heterocycles. The van der Waals surface area contributed by atoms with Gasteiger partial charge in [-0.15, -0.1) is 0 Å². The van der Waals surface area contributed by atoms with Gasteiger partial charge in [-0.1, -0.05) is 30.0 Å². The van der Waals surface area contributed by atoms with E-state index in [0.29, 0.717) is 17.1 Å². The van der Waals surface area contributed by atoms with Gasteiger partial charge < -0.3 is 4.42 Å². The van der Waals surface area contributed by atoms with Gasteiger partial charge in [0.1, 0.15) is 11.5 Å². The third-order valence-electron chi connectivity index (χ3n) is 2.75. The SMILES string of the molecule is Cc1cc(C(=O)NNC(=O)/C=C/Sc2ccccc2)c(C)o1. The van der Waals surface area contributed by atoms with Gasteiger partial charge in [0.05, 0.1) is 5.56 Å². The van der Waals surface area contributed by atoms with Crippen LogP contribution in [0.3, 0.4) is 0 Å². The van der Waals surface area contributed by atoms with Crippen LogP contribution >= 0.6 is 11.8 Å². The maximum atomic E-state index is 11.9. The number of benzene rings is 1. The lowest BCUT2D eigenvalue weighted by Crippen LogP contribution is -2.40. The second-order valence-electron chi connectivity index (χ2n) is 4.50. The Balaban J connectivity index is 1.80. The number of nitrogens with one attached hydrogen (secondary N) is 2. The second kappa shape index (κ2) is 7.51. The normalized spacial score (nSPS) is 10.6. The lowest BCUT2D eigenvalue weighted by Gasteiger charge is -2.03. The lowest BCUT2D eigenvalue weighted by molar-refractivity contribution is -0.117. The van der Waals surface area contributed by atoms with Crippen LogP contribution in [0.4, 0.5) is 0 Å². The van der Waals surface area contributed by atoms with Crippen LogP contribution in [0.15, 0.2) is 57.2 Å². The first-order valence-corrected chi connectivity index (χ1v) is 7.50. The summed E-state index contributed by atoms with van der Waals surface area (Å²) in [7, 11) is 0. The van der Waals surface area contributed by atoms with Gasteiger partial charge in [-0.05, 0) is 37.5 Å². The molecule has 6 heteroatoms. The highest BCUT2D eigenvalue weighted by Crippen LogP contribution is 2.17. The van der Waals surface area contributed by atoms with Gasteiger partial charge in [0, 0.05) is 11.0 Å². The van der Waals surface area contributed by atoms with Crippen molar-refractivity contribution in [1.29, 1.82) is 0 Å². The van der Waals surface area contributed by atoms with E-state index in [1.54, 1.807) is 25.3 Å². The van der Waals surface area contributed by atoms with Crippen LogP contribution in [-0.2, 0) is 4.79 Å². The van der Waals surface area contributed by atoms with Gasteiger partial charge in [-0.2, -0.15) is 0 Å². The zero-order valence-corrected chi connectivity index (χ0v) is 13.1. The third kappa shape index (κ3) is 4.53. The average molecular weight is 316 g/mol. The topological polar surface area (TPSA) is 71.3 Å². The van der Waals surface area contributed by atoms with E-state index in [-0.39, 0.29) is 0 Å². The lowest BCUT2D eigenvalue weighted by atomic mass is 10.2. The van der Waals surface area contributed by atoms with E-state index >= 15 is 0 Å². The van der Waals surface area contributed by atoms with E-state index in [2.05, 4.69) is 10.9 Å². The van der Waals surface area contributed by atoms with Crippen LogP contribution in [0.1, 0.15) is 21.9 Å². The molecule has 0 saturated heterocycles. The minimum atomic E-state index is -0.410. The molecule has 2 N–H and O–H groups in total. The van der Waals surface area contributed by atoms with Gasteiger partial charge in [0.15, 0.2) is 0 Å². The van der Waals surface area contributed by atoms with E-state index in [0.717, 1.165) is 4.90 Å². The van der Waals surface area contributed by atoms with E-state index < -0.39 is 11.8 Å². The number of carbonyl (C=O) groups excluding carboxylic acids is 2. The fourth-order valence-corrected chi connectivity index (χ4v) is 2.42. The Labute approximate surface area is 132 Å². The summed E-state index contributed by atoms with van der Waals surface area (Å²) in [6.45, 7) is 3.45. The first-order valence-electron chi connectivity index (χ1n) is 6.62. The molecule has 0 aliphatic rings. The number of rotatable bonds is 4. The number of hydrazine groups is 1. The number of aryl methyl sites for hydroxylation is 2. The van der Waals surface area contributed by atoms with E-state index in [4.69, 9.17) is 4.42 Å². The summed E-state index contributed by atoms with van der Waals surface area (Å²) in [5.74, 6) is 0.342. The van der Waals surface area contributed by atoms with Crippen LogP contribution in [-0.4, -0.2) is 11.8 Å². The first-order chi connectivity index (χ1) is 10.6. The number of hydrogen-bond acceptors (Lipinski definition) is 4. The fourth-order valence-electron chi connectivity index (χ4n) is 1.76. The Morgan fingerprint density at radius 2 is 1.86 bits per heavy atom. The second-order valence-corrected chi connectivity index (χ2v) is 5.48. The van der Waals surface area contributed by atoms with E-state index in [1.807, 2.05) is 30.3 Å². The summed E-state index contributed by atoms with van der Waals surface area (Å²) >= 11 is 1.42. The average Bonchev–Trinajstić information content (AvgIpc) is 2.84. The highest BCUT2D eigenvalue weighted by atomic mass is 32.2. The molecule has 114 valence electrons. The number of carbonyl (C=O) groups is 2. The highest BCUT2D eigenvalue weighted by Gasteiger charge is 2.13. The quantitative estimate of drug-likeness (QED) is 0.517. The number of hydrogen-bond donors (Lipinski definition) is 2. The molecule has 0 atom stereocenters. The number of thioether (sulfide) groups is 1. The van der Waals surface area contributed by atoms with Crippen molar-refractivity contribution in [3.63, 3.8) is 0 Å². The predicted octanol–water partition coefficient (Wildman–Crippen LogP) is 2.96. The van der Waals surface area contributed by atoms with E-state index in [9.17, 15) is 9.59 Å². The van der Waals surface area contributed by atoms with Crippen molar-refractivity contribution in [1.82, 2.24) is 10.9 Å². The zero-order chi connectivity index (χ0) is 15.9. The molecule has 0 spiro atoms. The molecule has 1 aromatic heterocycles. The first kappa shape index (κ1) is 15.9. The predicted molar refractivity (Wildman–Crippen MR) is 85.2 cm³/mol. The van der Waals surface area contributed by atoms with Gasteiger partial charge in [0.25, 0.3) is 11.8 Å².